The van der Waals surface area contributed by atoms with E-state index < -0.39 is 0 Å². The summed E-state index contributed by atoms with van der Waals surface area (Å²) >= 11 is 0. The van der Waals surface area contributed by atoms with Crippen LogP contribution in [0.15, 0.2) is 61.0 Å². The molecule has 2 heterocycles. The second kappa shape index (κ2) is 6.23. The Kier molecular flexibility index (Phi) is 4.06. The van der Waals surface area contributed by atoms with E-state index in [-0.39, 0.29) is 0 Å². The van der Waals surface area contributed by atoms with E-state index in [1.165, 1.54) is 0 Å². The number of allylic oxidation sites excluding steroid dienone is 4. The maximum absolute atomic E-state index is 4.18. The van der Waals surface area contributed by atoms with Crippen molar-refractivity contribution in [3.63, 3.8) is 0 Å². The zero-order valence-electron chi connectivity index (χ0n) is 9.32. The highest BCUT2D eigenvalue weighted by molar-refractivity contribution is 5.49. The summed E-state index contributed by atoms with van der Waals surface area (Å²) in [5.74, 6) is 0. The molecular weight excluding hydrogens is 210 g/mol. The molecule has 0 aliphatic heterocycles. The molecule has 17 heavy (non-hydrogen) atoms. The molecule has 1 N–H and O–H groups in total. The van der Waals surface area contributed by atoms with Crippen molar-refractivity contribution in [2.45, 2.75) is 0 Å². The van der Waals surface area contributed by atoms with Crippen LogP contribution in [0.3, 0.4) is 0 Å². The highest BCUT2D eigenvalue weighted by atomic mass is 15.1. The third-order valence-electron chi connectivity index (χ3n) is 2.08. The first-order valence-electron chi connectivity index (χ1n) is 5.37. The van der Waals surface area contributed by atoms with Crippen LogP contribution in [-0.4, -0.2) is 15.2 Å². The molecule has 0 radical (unpaired) electrons. The number of nitrogens with zero attached hydrogens (tertiary/aromatic N) is 2. The Morgan fingerprint density at radius 1 is 0.882 bits per heavy atom. The molecule has 0 spiro atoms. The number of pyridine rings is 1. The van der Waals surface area contributed by atoms with Crippen molar-refractivity contribution < 1.29 is 0 Å². The summed E-state index contributed by atoms with van der Waals surface area (Å²) in [5, 5.41) is 6.76. The van der Waals surface area contributed by atoms with Gasteiger partial charge in [0.25, 0.3) is 0 Å². The zero-order valence-corrected chi connectivity index (χ0v) is 9.32. The SMILES string of the molecule is C(=CC=Cc1cc[nH]n1)C=Cc1ccccn1. The van der Waals surface area contributed by atoms with Gasteiger partial charge in [0, 0.05) is 12.4 Å². The predicted octanol–water partition coefficient (Wildman–Crippen LogP) is 3.09. The van der Waals surface area contributed by atoms with E-state index in [1.54, 1.807) is 12.4 Å². The first kappa shape index (κ1) is 11.1. The summed E-state index contributed by atoms with van der Waals surface area (Å²) in [6.07, 6.45) is 15.3. The van der Waals surface area contributed by atoms with E-state index in [0.29, 0.717) is 0 Å². The molecule has 0 unspecified atom stereocenters. The average molecular weight is 223 g/mol. The van der Waals surface area contributed by atoms with Crippen molar-refractivity contribution in [2.75, 3.05) is 0 Å². The zero-order chi connectivity index (χ0) is 11.8. The Morgan fingerprint density at radius 2 is 1.71 bits per heavy atom. The van der Waals surface area contributed by atoms with E-state index in [2.05, 4.69) is 15.2 Å². The molecule has 0 aliphatic rings. The van der Waals surface area contributed by atoms with E-state index in [4.69, 9.17) is 0 Å². The minimum Gasteiger partial charge on any atom is -0.285 e. The number of H-pyrrole nitrogens is 1. The number of nitrogens with one attached hydrogen (secondary N) is 1. The van der Waals surface area contributed by atoms with Gasteiger partial charge in [-0.1, -0.05) is 30.4 Å². The van der Waals surface area contributed by atoms with Gasteiger partial charge in [0.05, 0.1) is 11.4 Å². The van der Waals surface area contributed by atoms with Crippen molar-refractivity contribution in [2.24, 2.45) is 0 Å². The van der Waals surface area contributed by atoms with Crippen molar-refractivity contribution in [1.29, 1.82) is 0 Å². The van der Waals surface area contributed by atoms with Crippen LogP contribution in [0.4, 0.5) is 0 Å². The fourth-order valence-electron chi connectivity index (χ4n) is 1.28. The van der Waals surface area contributed by atoms with Crippen LogP contribution < -0.4 is 0 Å². The molecule has 0 aromatic carbocycles. The third kappa shape index (κ3) is 3.91. The number of hydrogen-bond donors (Lipinski definition) is 1. The predicted molar refractivity (Wildman–Crippen MR) is 70.0 cm³/mol. The van der Waals surface area contributed by atoms with Crippen LogP contribution in [-0.2, 0) is 0 Å². The molecule has 0 saturated heterocycles. The molecule has 0 aliphatic carbocycles. The van der Waals surface area contributed by atoms with Crippen LogP contribution in [0.1, 0.15) is 11.4 Å². The molecular formula is C14H13N3. The van der Waals surface area contributed by atoms with Crippen LogP contribution in [0, 0.1) is 0 Å². The lowest BCUT2D eigenvalue weighted by atomic mass is 10.3. The molecule has 0 saturated carbocycles. The van der Waals surface area contributed by atoms with E-state index in [0.717, 1.165) is 11.4 Å². The van der Waals surface area contributed by atoms with Gasteiger partial charge in [0.15, 0.2) is 0 Å². The van der Waals surface area contributed by atoms with Gasteiger partial charge >= 0.3 is 0 Å². The van der Waals surface area contributed by atoms with Gasteiger partial charge in [-0.25, -0.2) is 0 Å². The molecule has 2 aromatic rings. The maximum Gasteiger partial charge on any atom is 0.0848 e. The van der Waals surface area contributed by atoms with Crippen molar-refractivity contribution in [1.82, 2.24) is 15.2 Å². The number of hydrogen-bond acceptors (Lipinski definition) is 2. The molecule has 0 fully saturated rings. The Labute approximate surface area is 100 Å². The highest BCUT2D eigenvalue weighted by Crippen LogP contribution is 1.97. The minimum absolute atomic E-state index is 0.920. The summed E-state index contributed by atoms with van der Waals surface area (Å²) in [5.41, 5.74) is 1.87. The van der Waals surface area contributed by atoms with Crippen LogP contribution in [0.25, 0.3) is 12.2 Å². The van der Waals surface area contributed by atoms with Crippen LogP contribution in [0.2, 0.25) is 0 Å². The number of aromatic nitrogens is 3. The monoisotopic (exact) mass is 223 g/mol. The fraction of sp³-hybridized carbons (Fsp3) is 0. The smallest absolute Gasteiger partial charge is 0.0848 e. The molecule has 2 aromatic heterocycles. The number of rotatable bonds is 4. The first-order valence-corrected chi connectivity index (χ1v) is 5.37. The van der Waals surface area contributed by atoms with E-state index in [1.807, 2.05) is 60.7 Å². The Hall–Kier alpha value is -2.42. The molecule has 84 valence electrons. The average Bonchev–Trinajstić information content (AvgIpc) is 2.88. The number of aromatic amines is 1. The summed E-state index contributed by atoms with van der Waals surface area (Å²) in [6, 6.07) is 7.74. The van der Waals surface area contributed by atoms with Crippen molar-refractivity contribution >= 4 is 12.2 Å². The summed E-state index contributed by atoms with van der Waals surface area (Å²) in [7, 11) is 0. The van der Waals surface area contributed by atoms with Gasteiger partial charge < -0.3 is 0 Å². The quantitative estimate of drug-likeness (QED) is 0.809. The fourth-order valence-corrected chi connectivity index (χ4v) is 1.28. The largest absolute Gasteiger partial charge is 0.285 e. The lowest BCUT2D eigenvalue weighted by Gasteiger charge is -1.87. The van der Waals surface area contributed by atoms with Gasteiger partial charge in [-0.3, -0.25) is 10.1 Å². The van der Waals surface area contributed by atoms with Gasteiger partial charge in [0.2, 0.25) is 0 Å². The summed E-state index contributed by atoms with van der Waals surface area (Å²) < 4.78 is 0. The lowest BCUT2D eigenvalue weighted by Crippen LogP contribution is -1.74. The maximum atomic E-state index is 4.18. The molecule has 2 rings (SSSR count). The lowest BCUT2D eigenvalue weighted by molar-refractivity contribution is 1.08. The van der Waals surface area contributed by atoms with Crippen molar-refractivity contribution in [3.8, 4) is 0 Å². The molecule has 0 amide bonds. The van der Waals surface area contributed by atoms with Gasteiger partial charge in [-0.05, 0) is 30.4 Å². The summed E-state index contributed by atoms with van der Waals surface area (Å²) in [4.78, 5) is 4.18. The normalized spacial score (nSPS) is 12.0. The van der Waals surface area contributed by atoms with Gasteiger partial charge in [-0.2, -0.15) is 5.10 Å². The van der Waals surface area contributed by atoms with Crippen molar-refractivity contribution in [3.05, 3.63) is 72.4 Å². The molecule has 3 nitrogen and oxygen atoms in total. The van der Waals surface area contributed by atoms with E-state index in [9.17, 15) is 0 Å². The standard InChI is InChI=1S/C14H13N3/c1(2-4-9-14-10-12-16-17-14)3-7-13-8-5-6-11-15-13/h1-12H,(H,16,17). The third-order valence-corrected chi connectivity index (χ3v) is 2.08. The molecule has 0 bridgehead atoms. The first-order chi connectivity index (χ1) is 8.45. The van der Waals surface area contributed by atoms with E-state index >= 15 is 0 Å². The molecule has 0 atom stereocenters. The minimum atomic E-state index is 0.920. The van der Waals surface area contributed by atoms with Crippen LogP contribution in [0.5, 0.6) is 0 Å². The van der Waals surface area contributed by atoms with Gasteiger partial charge in [-0.15, -0.1) is 0 Å². The highest BCUT2D eigenvalue weighted by Gasteiger charge is 1.83. The van der Waals surface area contributed by atoms with Gasteiger partial charge in [0.1, 0.15) is 0 Å². The van der Waals surface area contributed by atoms with Crippen LogP contribution >= 0.6 is 0 Å². The second-order valence-electron chi connectivity index (χ2n) is 3.36. The Bertz CT molecular complexity index is 508. The molecule has 3 heteroatoms. The summed E-state index contributed by atoms with van der Waals surface area (Å²) in [6.45, 7) is 0. The second-order valence-corrected chi connectivity index (χ2v) is 3.36. The Morgan fingerprint density at radius 3 is 2.35 bits per heavy atom. The Balaban J connectivity index is 1.84. The topological polar surface area (TPSA) is 41.6 Å².